The van der Waals surface area contributed by atoms with Crippen molar-refractivity contribution in [2.45, 2.75) is 32.7 Å². The van der Waals surface area contributed by atoms with Crippen molar-refractivity contribution in [2.24, 2.45) is 0 Å². The molecule has 0 saturated carbocycles. The summed E-state index contributed by atoms with van der Waals surface area (Å²) in [5, 5.41) is 9.46. The van der Waals surface area contributed by atoms with E-state index in [1.54, 1.807) is 24.5 Å². The molecule has 0 unspecified atom stereocenters. The van der Waals surface area contributed by atoms with E-state index < -0.39 is 6.03 Å². The van der Waals surface area contributed by atoms with Gasteiger partial charge in [-0.2, -0.15) is 5.10 Å². The van der Waals surface area contributed by atoms with Gasteiger partial charge in [-0.15, -0.1) is 0 Å². The van der Waals surface area contributed by atoms with Crippen LogP contribution in [0.4, 0.5) is 10.5 Å². The molecule has 0 aliphatic rings. The predicted octanol–water partition coefficient (Wildman–Crippen LogP) is 2.27. The molecule has 0 aromatic carbocycles. The molecule has 0 atom stereocenters. The number of aromatic nitrogens is 5. The Hall–Kier alpha value is -3.23. The zero-order valence-electron chi connectivity index (χ0n) is 14.2. The van der Waals surface area contributed by atoms with Crippen LogP contribution in [0.25, 0.3) is 5.82 Å². The van der Waals surface area contributed by atoms with E-state index in [0.717, 1.165) is 5.76 Å². The Balaban J connectivity index is 1.63. The number of amides is 2. The average molecular weight is 341 g/mol. The molecule has 0 aliphatic carbocycles. The molecule has 9 nitrogen and oxygen atoms in total. The standard InChI is InChI=1S/C16H19N7O2/c1-16(2,3)12-7-19-13(25-12)8-20-15(24)22-11-5-4-6-18-14(11)23-10-17-9-21-23/h4-7,9-10H,8H2,1-3H3,(H2,20,22,24). The molecule has 2 N–H and O–H groups in total. The maximum Gasteiger partial charge on any atom is 0.319 e. The minimum Gasteiger partial charge on any atom is -0.443 e. The first-order valence-corrected chi connectivity index (χ1v) is 7.73. The van der Waals surface area contributed by atoms with Gasteiger partial charge in [0, 0.05) is 11.6 Å². The molecule has 3 aromatic heterocycles. The van der Waals surface area contributed by atoms with E-state index in [9.17, 15) is 4.79 Å². The zero-order chi connectivity index (χ0) is 17.9. The molecular weight excluding hydrogens is 322 g/mol. The maximum atomic E-state index is 12.1. The Morgan fingerprint density at radius 2 is 2.16 bits per heavy atom. The summed E-state index contributed by atoms with van der Waals surface area (Å²) in [7, 11) is 0. The fourth-order valence-electron chi connectivity index (χ4n) is 2.06. The molecule has 3 aromatic rings. The maximum absolute atomic E-state index is 12.1. The van der Waals surface area contributed by atoms with Gasteiger partial charge in [-0.1, -0.05) is 20.8 Å². The lowest BCUT2D eigenvalue weighted by atomic mass is 9.94. The van der Waals surface area contributed by atoms with Crippen LogP contribution in [0.1, 0.15) is 32.4 Å². The van der Waals surface area contributed by atoms with Gasteiger partial charge in [-0.05, 0) is 12.1 Å². The van der Waals surface area contributed by atoms with Crippen LogP contribution in [0.15, 0.2) is 41.6 Å². The number of nitrogens with zero attached hydrogens (tertiary/aromatic N) is 5. The minimum atomic E-state index is -0.398. The van der Waals surface area contributed by atoms with Crippen molar-refractivity contribution in [1.82, 2.24) is 30.0 Å². The number of pyridine rings is 1. The van der Waals surface area contributed by atoms with Gasteiger partial charge in [-0.25, -0.2) is 24.4 Å². The van der Waals surface area contributed by atoms with Crippen LogP contribution in [0, 0.1) is 0 Å². The number of carbonyl (C=O) groups excluding carboxylic acids is 1. The van der Waals surface area contributed by atoms with Crippen LogP contribution in [0.2, 0.25) is 0 Å². The highest BCUT2D eigenvalue weighted by atomic mass is 16.4. The number of oxazole rings is 1. The van der Waals surface area contributed by atoms with E-state index in [-0.39, 0.29) is 12.0 Å². The van der Waals surface area contributed by atoms with Gasteiger partial charge in [0.25, 0.3) is 0 Å². The number of carbonyl (C=O) groups is 1. The van der Waals surface area contributed by atoms with Crippen molar-refractivity contribution in [3.63, 3.8) is 0 Å². The second kappa shape index (κ2) is 6.71. The number of anilines is 1. The van der Waals surface area contributed by atoms with Crippen LogP contribution in [-0.4, -0.2) is 30.8 Å². The van der Waals surface area contributed by atoms with Gasteiger partial charge in [0.05, 0.1) is 18.4 Å². The fourth-order valence-corrected chi connectivity index (χ4v) is 2.06. The summed E-state index contributed by atoms with van der Waals surface area (Å²) in [5.41, 5.74) is 0.379. The van der Waals surface area contributed by atoms with Crippen molar-refractivity contribution in [3.8, 4) is 5.82 Å². The van der Waals surface area contributed by atoms with E-state index in [1.165, 1.54) is 17.3 Å². The number of urea groups is 1. The summed E-state index contributed by atoms with van der Waals surface area (Å²) >= 11 is 0. The first-order chi connectivity index (χ1) is 11.9. The summed E-state index contributed by atoms with van der Waals surface area (Å²) in [6.45, 7) is 6.28. The van der Waals surface area contributed by atoms with Gasteiger partial charge in [0.15, 0.2) is 5.82 Å². The summed E-state index contributed by atoms with van der Waals surface area (Å²) in [4.78, 5) is 24.4. The number of rotatable bonds is 4. The van der Waals surface area contributed by atoms with Gasteiger partial charge in [0.1, 0.15) is 18.4 Å². The van der Waals surface area contributed by atoms with Crippen LogP contribution in [0.5, 0.6) is 0 Å². The Morgan fingerprint density at radius 1 is 1.32 bits per heavy atom. The van der Waals surface area contributed by atoms with E-state index in [4.69, 9.17) is 4.42 Å². The Morgan fingerprint density at radius 3 is 2.84 bits per heavy atom. The van der Waals surface area contributed by atoms with Crippen molar-refractivity contribution in [3.05, 3.63) is 48.8 Å². The number of hydrogen-bond acceptors (Lipinski definition) is 6. The second-order valence-corrected chi connectivity index (χ2v) is 6.39. The second-order valence-electron chi connectivity index (χ2n) is 6.39. The summed E-state index contributed by atoms with van der Waals surface area (Å²) in [6, 6.07) is 3.05. The molecule has 9 heteroatoms. The summed E-state index contributed by atoms with van der Waals surface area (Å²) in [6.07, 6.45) is 6.19. The fraction of sp³-hybridized carbons (Fsp3) is 0.312. The third-order valence-corrected chi connectivity index (χ3v) is 3.36. The lowest BCUT2D eigenvalue weighted by Crippen LogP contribution is -2.29. The predicted molar refractivity (Wildman–Crippen MR) is 90.2 cm³/mol. The molecule has 0 bridgehead atoms. The third kappa shape index (κ3) is 4.00. The van der Waals surface area contributed by atoms with E-state index in [1.807, 2.05) is 20.8 Å². The Labute approximate surface area is 144 Å². The Kier molecular flexibility index (Phi) is 4.46. The molecule has 0 spiro atoms. The van der Waals surface area contributed by atoms with Crippen LogP contribution >= 0.6 is 0 Å². The molecule has 0 aliphatic heterocycles. The van der Waals surface area contributed by atoms with E-state index in [2.05, 4.69) is 30.7 Å². The summed E-state index contributed by atoms with van der Waals surface area (Å²) in [5.74, 6) is 1.69. The minimum absolute atomic E-state index is 0.129. The van der Waals surface area contributed by atoms with Crippen LogP contribution in [0.3, 0.4) is 0 Å². The molecule has 3 rings (SSSR count). The molecule has 25 heavy (non-hydrogen) atoms. The number of hydrogen-bond donors (Lipinski definition) is 2. The largest absolute Gasteiger partial charge is 0.443 e. The van der Waals surface area contributed by atoms with E-state index in [0.29, 0.717) is 17.4 Å². The van der Waals surface area contributed by atoms with Crippen LogP contribution in [-0.2, 0) is 12.0 Å². The van der Waals surface area contributed by atoms with E-state index >= 15 is 0 Å². The topological polar surface area (TPSA) is 111 Å². The quantitative estimate of drug-likeness (QED) is 0.753. The van der Waals surface area contributed by atoms with Crippen molar-refractivity contribution < 1.29 is 9.21 Å². The summed E-state index contributed by atoms with van der Waals surface area (Å²) < 4.78 is 7.11. The first-order valence-electron chi connectivity index (χ1n) is 7.73. The van der Waals surface area contributed by atoms with Crippen LogP contribution < -0.4 is 10.6 Å². The average Bonchev–Trinajstić information content (AvgIpc) is 3.25. The lowest BCUT2D eigenvalue weighted by Gasteiger charge is -2.13. The van der Waals surface area contributed by atoms with Crippen molar-refractivity contribution >= 4 is 11.7 Å². The number of nitrogens with one attached hydrogen (secondary N) is 2. The Bertz CT molecular complexity index is 850. The smallest absolute Gasteiger partial charge is 0.319 e. The monoisotopic (exact) mass is 341 g/mol. The van der Waals surface area contributed by atoms with Gasteiger partial charge in [-0.3, -0.25) is 0 Å². The van der Waals surface area contributed by atoms with Crippen molar-refractivity contribution in [2.75, 3.05) is 5.32 Å². The molecule has 0 radical (unpaired) electrons. The highest BCUT2D eigenvalue weighted by Gasteiger charge is 2.19. The van der Waals surface area contributed by atoms with Gasteiger partial charge < -0.3 is 15.1 Å². The molecule has 2 amide bonds. The molecule has 0 fully saturated rings. The highest BCUT2D eigenvalue weighted by Crippen LogP contribution is 2.22. The highest BCUT2D eigenvalue weighted by molar-refractivity contribution is 5.90. The van der Waals surface area contributed by atoms with Gasteiger partial charge >= 0.3 is 6.03 Å². The molecular formula is C16H19N7O2. The first kappa shape index (κ1) is 16.6. The lowest BCUT2D eigenvalue weighted by molar-refractivity contribution is 0.250. The zero-order valence-corrected chi connectivity index (χ0v) is 14.2. The third-order valence-electron chi connectivity index (χ3n) is 3.36. The van der Waals surface area contributed by atoms with Gasteiger partial charge in [0.2, 0.25) is 5.89 Å². The molecule has 3 heterocycles. The molecule has 0 saturated heterocycles. The SMILES string of the molecule is CC(C)(C)c1cnc(CNC(=O)Nc2cccnc2-n2cncn2)o1. The molecule has 130 valence electrons. The van der Waals surface area contributed by atoms with Crippen molar-refractivity contribution in [1.29, 1.82) is 0 Å². The normalized spacial score (nSPS) is 11.3.